The van der Waals surface area contributed by atoms with Crippen molar-refractivity contribution in [3.8, 4) is 0 Å². The molecule has 2 aliphatic rings. The third-order valence-corrected chi connectivity index (χ3v) is 3.11. The molecule has 0 aromatic carbocycles. The number of rotatable bonds is 1. The smallest absolute Gasteiger partial charge is 0.224 e. The predicted octanol–water partition coefficient (Wildman–Crippen LogP) is 2.11. The maximum atomic E-state index is 11.9. The SMILES string of the molecule is CC(C)(C)NC(=O)C1CC2C=CC1C2. The minimum Gasteiger partial charge on any atom is -0.351 e. The van der Waals surface area contributed by atoms with Crippen molar-refractivity contribution in [2.45, 2.75) is 39.2 Å². The van der Waals surface area contributed by atoms with E-state index in [2.05, 4.69) is 17.5 Å². The molecule has 0 aromatic heterocycles. The largest absolute Gasteiger partial charge is 0.351 e. The van der Waals surface area contributed by atoms with Crippen molar-refractivity contribution in [2.24, 2.45) is 17.8 Å². The van der Waals surface area contributed by atoms with Crippen molar-refractivity contribution in [1.82, 2.24) is 5.32 Å². The summed E-state index contributed by atoms with van der Waals surface area (Å²) < 4.78 is 0. The molecule has 2 bridgehead atoms. The van der Waals surface area contributed by atoms with E-state index >= 15 is 0 Å². The Morgan fingerprint density at radius 1 is 1.29 bits per heavy atom. The van der Waals surface area contributed by atoms with Gasteiger partial charge < -0.3 is 5.32 Å². The molecule has 0 aliphatic heterocycles. The van der Waals surface area contributed by atoms with Crippen LogP contribution in [0.25, 0.3) is 0 Å². The van der Waals surface area contributed by atoms with E-state index in [9.17, 15) is 4.79 Å². The van der Waals surface area contributed by atoms with E-state index in [0.29, 0.717) is 11.8 Å². The van der Waals surface area contributed by atoms with E-state index in [0.717, 1.165) is 6.42 Å². The van der Waals surface area contributed by atoms with Crippen LogP contribution in [0, 0.1) is 17.8 Å². The zero-order valence-corrected chi connectivity index (χ0v) is 9.21. The molecule has 2 heteroatoms. The van der Waals surface area contributed by atoms with Gasteiger partial charge in [0.05, 0.1) is 0 Å². The molecule has 1 amide bonds. The summed E-state index contributed by atoms with van der Waals surface area (Å²) in [4.78, 5) is 11.9. The molecule has 3 atom stereocenters. The molecule has 78 valence electrons. The Balaban J connectivity index is 1.97. The monoisotopic (exact) mass is 193 g/mol. The first-order chi connectivity index (χ1) is 6.46. The fourth-order valence-electron chi connectivity index (χ4n) is 2.54. The molecule has 1 saturated carbocycles. The van der Waals surface area contributed by atoms with Gasteiger partial charge in [-0.2, -0.15) is 0 Å². The molecule has 0 heterocycles. The number of hydrogen-bond acceptors (Lipinski definition) is 1. The highest BCUT2D eigenvalue weighted by Gasteiger charge is 2.40. The van der Waals surface area contributed by atoms with Crippen LogP contribution in [0.1, 0.15) is 33.6 Å². The highest BCUT2D eigenvalue weighted by atomic mass is 16.2. The summed E-state index contributed by atoms with van der Waals surface area (Å²) in [5, 5.41) is 3.07. The van der Waals surface area contributed by atoms with E-state index in [1.807, 2.05) is 20.8 Å². The summed E-state index contributed by atoms with van der Waals surface area (Å²) >= 11 is 0. The normalized spacial score (nSPS) is 34.9. The Bertz CT molecular complexity index is 275. The number of hydrogen-bond donors (Lipinski definition) is 1. The van der Waals surface area contributed by atoms with Crippen LogP contribution in [0.15, 0.2) is 12.2 Å². The first kappa shape index (κ1) is 9.75. The third-order valence-electron chi connectivity index (χ3n) is 3.11. The lowest BCUT2D eigenvalue weighted by Gasteiger charge is -2.25. The van der Waals surface area contributed by atoms with Crippen molar-refractivity contribution < 1.29 is 4.79 Å². The zero-order valence-electron chi connectivity index (χ0n) is 9.21. The van der Waals surface area contributed by atoms with Crippen molar-refractivity contribution >= 4 is 5.91 Å². The topological polar surface area (TPSA) is 29.1 Å². The fraction of sp³-hybridized carbons (Fsp3) is 0.750. The zero-order chi connectivity index (χ0) is 10.3. The van der Waals surface area contributed by atoms with Gasteiger partial charge in [-0.3, -0.25) is 4.79 Å². The van der Waals surface area contributed by atoms with Crippen LogP contribution in [0.4, 0.5) is 0 Å². The second-order valence-corrected chi connectivity index (χ2v) is 5.63. The van der Waals surface area contributed by atoms with Crippen LogP contribution in [0.2, 0.25) is 0 Å². The van der Waals surface area contributed by atoms with Gasteiger partial charge in [-0.1, -0.05) is 12.2 Å². The summed E-state index contributed by atoms with van der Waals surface area (Å²) in [5.41, 5.74) is -0.0946. The molecular formula is C12H19NO. The third kappa shape index (κ3) is 1.84. The second-order valence-electron chi connectivity index (χ2n) is 5.63. The van der Waals surface area contributed by atoms with Crippen molar-refractivity contribution in [3.63, 3.8) is 0 Å². The Morgan fingerprint density at radius 3 is 2.43 bits per heavy atom. The molecule has 14 heavy (non-hydrogen) atoms. The first-order valence-corrected chi connectivity index (χ1v) is 5.46. The van der Waals surface area contributed by atoms with E-state index < -0.39 is 0 Å². The summed E-state index contributed by atoms with van der Waals surface area (Å²) in [6, 6.07) is 0. The minimum absolute atomic E-state index is 0.0946. The lowest BCUT2D eigenvalue weighted by Crippen LogP contribution is -2.44. The van der Waals surface area contributed by atoms with Crippen LogP contribution >= 0.6 is 0 Å². The van der Waals surface area contributed by atoms with Gasteiger partial charge in [0.2, 0.25) is 5.91 Å². The van der Waals surface area contributed by atoms with Crippen molar-refractivity contribution in [2.75, 3.05) is 0 Å². The molecule has 1 fully saturated rings. The highest BCUT2D eigenvalue weighted by molar-refractivity contribution is 5.80. The molecule has 0 radical (unpaired) electrons. The van der Waals surface area contributed by atoms with Crippen LogP contribution in [0.5, 0.6) is 0 Å². The van der Waals surface area contributed by atoms with Crippen molar-refractivity contribution in [1.29, 1.82) is 0 Å². The average Bonchev–Trinajstić information content (AvgIpc) is 2.59. The maximum absolute atomic E-state index is 11.9. The minimum atomic E-state index is -0.0946. The molecular weight excluding hydrogens is 174 g/mol. The van der Waals surface area contributed by atoms with Gasteiger partial charge >= 0.3 is 0 Å². The number of fused-ring (bicyclic) bond motifs is 2. The summed E-state index contributed by atoms with van der Waals surface area (Å²) in [6.07, 6.45) is 6.75. The predicted molar refractivity (Wildman–Crippen MR) is 56.7 cm³/mol. The first-order valence-electron chi connectivity index (χ1n) is 5.46. The van der Waals surface area contributed by atoms with E-state index in [-0.39, 0.29) is 17.4 Å². The lowest BCUT2D eigenvalue weighted by molar-refractivity contribution is -0.127. The van der Waals surface area contributed by atoms with Gasteiger partial charge in [0.25, 0.3) is 0 Å². The molecule has 0 saturated heterocycles. The number of carbonyl (C=O) groups excluding carboxylic acids is 1. The molecule has 2 aliphatic carbocycles. The van der Waals surface area contributed by atoms with Gasteiger partial charge in [-0.15, -0.1) is 0 Å². The van der Waals surface area contributed by atoms with E-state index in [4.69, 9.17) is 0 Å². The molecule has 2 rings (SSSR count). The van der Waals surface area contributed by atoms with Gasteiger partial charge in [0, 0.05) is 11.5 Å². The van der Waals surface area contributed by atoms with E-state index in [1.54, 1.807) is 0 Å². The van der Waals surface area contributed by atoms with Crippen LogP contribution < -0.4 is 5.32 Å². The highest BCUT2D eigenvalue weighted by Crippen LogP contribution is 2.43. The fourth-order valence-corrected chi connectivity index (χ4v) is 2.54. The standard InChI is InChI=1S/C12H19NO/c1-12(2,3)13-11(14)10-7-8-4-5-9(10)6-8/h4-5,8-10H,6-7H2,1-3H3,(H,13,14). The average molecular weight is 193 g/mol. The number of amides is 1. The van der Waals surface area contributed by atoms with Gasteiger partial charge in [-0.05, 0) is 45.4 Å². The number of carbonyl (C=O) groups is 1. The van der Waals surface area contributed by atoms with Gasteiger partial charge in [0.15, 0.2) is 0 Å². The molecule has 3 unspecified atom stereocenters. The maximum Gasteiger partial charge on any atom is 0.224 e. The Labute approximate surface area is 85.8 Å². The van der Waals surface area contributed by atoms with Crippen LogP contribution in [0.3, 0.4) is 0 Å². The number of nitrogens with one attached hydrogen (secondary N) is 1. The molecule has 1 N–H and O–H groups in total. The summed E-state index contributed by atoms with van der Waals surface area (Å²) in [5.74, 6) is 1.68. The summed E-state index contributed by atoms with van der Waals surface area (Å²) in [7, 11) is 0. The lowest BCUT2D eigenvalue weighted by atomic mass is 9.92. The molecule has 0 spiro atoms. The molecule has 0 aromatic rings. The van der Waals surface area contributed by atoms with E-state index in [1.165, 1.54) is 6.42 Å². The van der Waals surface area contributed by atoms with Gasteiger partial charge in [-0.25, -0.2) is 0 Å². The second kappa shape index (κ2) is 3.11. The Kier molecular flexibility index (Phi) is 2.17. The number of allylic oxidation sites excluding steroid dienone is 2. The summed E-state index contributed by atoms with van der Waals surface area (Å²) in [6.45, 7) is 6.11. The Hall–Kier alpha value is -0.790. The van der Waals surface area contributed by atoms with Crippen LogP contribution in [-0.4, -0.2) is 11.4 Å². The van der Waals surface area contributed by atoms with Gasteiger partial charge in [0.1, 0.15) is 0 Å². The Morgan fingerprint density at radius 2 is 2.00 bits per heavy atom. The van der Waals surface area contributed by atoms with Crippen molar-refractivity contribution in [3.05, 3.63) is 12.2 Å². The van der Waals surface area contributed by atoms with Crippen LogP contribution in [-0.2, 0) is 4.79 Å². The quantitative estimate of drug-likeness (QED) is 0.635. The molecule has 2 nitrogen and oxygen atoms in total.